The molecule has 3 fully saturated rings. The molecule has 3 amide bonds. The van der Waals surface area contributed by atoms with Gasteiger partial charge in [-0.2, -0.15) is 0 Å². The highest BCUT2D eigenvalue weighted by Crippen LogP contribution is 2.25. The van der Waals surface area contributed by atoms with Crippen LogP contribution in [0.5, 0.6) is 0 Å². The molecule has 0 bridgehead atoms. The van der Waals surface area contributed by atoms with E-state index in [1.165, 1.54) is 5.57 Å². The van der Waals surface area contributed by atoms with E-state index in [2.05, 4.69) is 32.1 Å². The lowest BCUT2D eigenvalue weighted by Crippen LogP contribution is -2.53. The van der Waals surface area contributed by atoms with E-state index in [1.807, 2.05) is 40.4 Å². The van der Waals surface area contributed by atoms with E-state index < -0.39 is 6.04 Å². The number of rotatable bonds is 8. The number of amides is 3. The Morgan fingerprint density at radius 3 is 2.17 bits per heavy atom. The first-order valence-electron chi connectivity index (χ1n) is 14.7. The molecule has 0 spiro atoms. The van der Waals surface area contributed by atoms with Gasteiger partial charge in [-0.1, -0.05) is 49.3 Å². The van der Waals surface area contributed by atoms with E-state index in [1.54, 1.807) is 14.7 Å². The maximum atomic E-state index is 13.2. The lowest BCUT2D eigenvalue weighted by Gasteiger charge is -2.36. The number of likely N-dealkylation sites (tertiary alicyclic amines) is 3. The molecule has 3 heterocycles. The molecular weight excluding hydrogens is 522 g/mol. The van der Waals surface area contributed by atoms with Crippen molar-refractivity contribution < 1.29 is 28.8 Å². The Labute approximate surface area is 246 Å². The fourth-order valence-electron chi connectivity index (χ4n) is 5.28. The van der Waals surface area contributed by atoms with Gasteiger partial charge in [-0.05, 0) is 65.7 Å². The summed E-state index contributed by atoms with van der Waals surface area (Å²) in [6.07, 6.45) is 14.6. The normalized spacial score (nSPS) is 22.4. The third kappa shape index (κ3) is 12.4. The number of hydrogen-bond donors (Lipinski definition) is 0. The second-order valence-electron chi connectivity index (χ2n) is 10.5. The van der Waals surface area contributed by atoms with Gasteiger partial charge in [0.15, 0.2) is 0 Å². The lowest BCUT2D eigenvalue weighted by atomic mass is 9.93. The standard InChI is InChI=1S/C28H41N3O4.C2H6.2CH2O/c1-21(2)13-14-22(3)8-4-10-24-11-6-16-30(27(24)34)19-26(33)31-17-7-12-25(31)28(35)29-15-5-9-23(18-29)20-32;3*1-2/h4,8,13-14,20,23-25H,5-7,9-12,15-19H2,1-3H3;1-2H3;2*1H2/b8-4+,22-14+;;;/t23?,24-,25-;;;/m0.../s1. The summed E-state index contributed by atoms with van der Waals surface area (Å²) in [5, 5.41) is 0. The smallest absolute Gasteiger partial charge is 0.245 e. The number of nitrogens with zero attached hydrogens (tertiary/aromatic N) is 3. The van der Waals surface area contributed by atoms with Crippen LogP contribution in [0.3, 0.4) is 0 Å². The minimum atomic E-state index is -0.470. The Bertz CT molecular complexity index is 922. The van der Waals surface area contributed by atoms with E-state index in [9.17, 15) is 19.2 Å². The van der Waals surface area contributed by atoms with Crippen molar-refractivity contribution in [2.45, 2.75) is 85.6 Å². The molecule has 1 unspecified atom stereocenters. The topological polar surface area (TPSA) is 112 Å². The number of carbonyl (C=O) groups is 6. The van der Waals surface area contributed by atoms with Crippen molar-refractivity contribution in [3.63, 3.8) is 0 Å². The minimum absolute atomic E-state index is 0.0344. The SMILES string of the molecule is C=O.C=O.CC.CC(C)=C/C=C(C)/C=C/C[C@H]1CCCN(CC(=O)N2CCC[C@H]2C(=O)N2CCCC(C=O)C2)C1=O. The summed E-state index contributed by atoms with van der Waals surface area (Å²) in [4.78, 5) is 71.7. The van der Waals surface area contributed by atoms with Crippen LogP contribution in [0.15, 0.2) is 35.5 Å². The van der Waals surface area contributed by atoms with Gasteiger partial charge < -0.3 is 29.1 Å². The van der Waals surface area contributed by atoms with Crippen molar-refractivity contribution in [2.75, 3.05) is 32.7 Å². The van der Waals surface area contributed by atoms with Crippen LogP contribution in [-0.2, 0) is 28.8 Å². The highest BCUT2D eigenvalue weighted by Gasteiger charge is 2.39. The Morgan fingerprint density at radius 1 is 0.902 bits per heavy atom. The van der Waals surface area contributed by atoms with Crippen LogP contribution < -0.4 is 0 Å². The quantitative estimate of drug-likeness (QED) is 0.318. The summed E-state index contributed by atoms with van der Waals surface area (Å²) in [5.41, 5.74) is 2.38. The van der Waals surface area contributed by atoms with E-state index in [-0.39, 0.29) is 36.1 Å². The number of carbonyl (C=O) groups excluding carboxylic acids is 6. The van der Waals surface area contributed by atoms with E-state index >= 15 is 0 Å². The van der Waals surface area contributed by atoms with Crippen LogP contribution in [0, 0.1) is 11.8 Å². The second-order valence-corrected chi connectivity index (χ2v) is 10.5. The number of aldehydes is 1. The monoisotopic (exact) mass is 573 g/mol. The molecule has 3 rings (SSSR count). The van der Waals surface area contributed by atoms with E-state index in [0.717, 1.165) is 44.0 Å². The van der Waals surface area contributed by atoms with Gasteiger partial charge >= 0.3 is 0 Å². The van der Waals surface area contributed by atoms with Crippen LogP contribution in [0.25, 0.3) is 0 Å². The van der Waals surface area contributed by atoms with Crippen LogP contribution in [0.2, 0.25) is 0 Å². The summed E-state index contributed by atoms with van der Waals surface area (Å²) in [7, 11) is 0. The van der Waals surface area contributed by atoms with E-state index in [4.69, 9.17) is 9.59 Å². The summed E-state index contributed by atoms with van der Waals surface area (Å²) in [6.45, 7) is 16.4. The zero-order valence-electron chi connectivity index (χ0n) is 25.8. The van der Waals surface area contributed by atoms with Crippen molar-refractivity contribution in [3.8, 4) is 0 Å². The fraction of sp³-hybridized carbons (Fsp3) is 0.625. The third-order valence-electron chi connectivity index (χ3n) is 7.27. The fourth-order valence-corrected chi connectivity index (χ4v) is 5.28. The average molecular weight is 574 g/mol. The molecule has 0 aromatic rings. The Balaban J connectivity index is 0.00000250. The van der Waals surface area contributed by atoms with Crippen LogP contribution in [0.4, 0.5) is 0 Å². The molecule has 0 N–H and O–H groups in total. The number of piperidine rings is 2. The molecular formula is C32H51N3O6. The van der Waals surface area contributed by atoms with Crippen molar-refractivity contribution in [2.24, 2.45) is 11.8 Å². The maximum absolute atomic E-state index is 13.2. The molecule has 0 saturated carbocycles. The van der Waals surface area contributed by atoms with Gasteiger partial charge in [0.25, 0.3) is 0 Å². The molecule has 230 valence electrons. The molecule has 3 aliphatic heterocycles. The largest absolute Gasteiger partial charge is 0.340 e. The van der Waals surface area contributed by atoms with Gasteiger partial charge in [-0.3, -0.25) is 14.4 Å². The first kappa shape index (κ1) is 37.6. The van der Waals surface area contributed by atoms with Gasteiger partial charge in [-0.25, -0.2) is 0 Å². The summed E-state index contributed by atoms with van der Waals surface area (Å²) >= 11 is 0. The molecule has 3 saturated heterocycles. The van der Waals surface area contributed by atoms with Crippen LogP contribution in [-0.4, -0.2) is 91.1 Å². The van der Waals surface area contributed by atoms with Crippen molar-refractivity contribution >= 4 is 37.6 Å². The maximum Gasteiger partial charge on any atom is 0.245 e. The zero-order chi connectivity index (χ0) is 31.4. The molecule has 0 aromatic heterocycles. The Hall–Kier alpha value is -3.36. The Morgan fingerprint density at radius 2 is 1.54 bits per heavy atom. The van der Waals surface area contributed by atoms with Gasteiger partial charge in [0.05, 0.1) is 6.54 Å². The molecule has 9 nitrogen and oxygen atoms in total. The van der Waals surface area contributed by atoms with Gasteiger partial charge in [0, 0.05) is 38.0 Å². The molecule has 0 aliphatic carbocycles. The first-order valence-corrected chi connectivity index (χ1v) is 14.7. The average Bonchev–Trinajstić information content (AvgIpc) is 3.51. The highest BCUT2D eigenvalue weighted by molar-refractivity contribution is 5.91. The minimum Gasteiger partial charge on any atom is -0.340 e. The molecule has 0 radical (unpaired) electrons. The highest BCUT2D eigenvalue weighted by atomic mass is 16.2. The van der Waals surface area contributed by atoms with Crippen molar-refractivity contribution in [1.29, 1.82) is 0 Å². The Kier molecular flexibility index (Phi) is 19.6. The van der Waals surface area contributed by atoms with Gasteiger partial charge in [0.1, 0.15) is 25.9 Å². The predicted molar refractivity (Wildman–Crippen MR) is 162 cm³/mol. The summed E-state index contributed by atoms with van der Waals surface area (Å²) in [5.74, 6) is -0.371. The summed E-state index contributed by atoms with van der Waals surface area (Å²) in [6, 6.07) is -0.470. The second kappa shape index (κ2) is 21.4. The van der Waals surface area contributed by atoms with Gasteiger partial charge in [0.2, 0.25) is 17.7 Å². The molecule has 0 aromatic carbocycles. The number of allylic oxidation sites excluding steroid dienone is 6. The first-order chi connectivity index (χ1) is 19.8. The molecule has 3 aliphatic rings. The molecule has 3 atom stereocenters. The zero-order valence-corrected chi connectivity index (χ0v) is 25.8. The third-order valence-corrected chi connectivity index (χ3v) is 7.27. The van der Waals surface area contributed by atoms with Crippen molar-refractivity contribution in [1.82, 2.24) is 14.7 Å². The van der Waals surface area contributed by atoms with Crippen LogP contribution >= 0.6 is 0 Å². The number of hydrogen-bond acceptors (Lipinski definition) is 6. The summed E-state index contributed by atoms with van der Waals surface area (Å²) < 4.78 is 0. The van der Waals surface area contributed by atoms with E-state index in [0.29, 0.717) is 39.0 Å². The predicted octanol–water partition coefficient (Wildman–Crippen LogP) is 4.17. The molecule has 41 heavy (non-hydrogen) atoms. The lowest BCUT2D eigenvalue weighted by molar-refractivity contribution is -0.149. The molecule has 9 heteroatoms. The van der Waals surface area contributed by atoms with Gasteiger partial charge in [-0.15, -0.1) is 0 Å². The van der Waals surface area contributed by atoms with Crippen LogP contribution in [0.1, 0.15) is 79.6 Å². The van der Waals surface area contributed by atoms with Crippen molar-refractivity contribution in [3.05, 3.63) is 35.5 Å².